The minimum absolute atomic E-state index is 0.00578. The number of likely N-dealkylation sites (tertiary alicyclic amines) is 1. The van der Waals surface area contributed by atoms with E-state index in [0.717, 1.165) is 32.5 Å². The van der Waals surface area contributed by atoms with Gasteiger partial charge in [0.05, 0.1) is 6.04 Å². The molecule has 1 aliphatic heterocycles. The Kier molecular flexibility index (Phi) is 5.86. The lowest BCUT2D eigenvalue weighted by atomic mass is 9.84. The Morgan fingerprint density at radius 1 is 1.11 bits per heavy atom. The monoisotopic (exact) mass is 379 g/mol. The van der Waals surface area contributed by atoms with E-state index in [9.17, 15) is 4.79 Å². The highest BCUT2D eigenvalue weighted by atomic mass is 16.2. The number of hydrogen-bond acceptors (Lipinski definition) is 2. The van der Waals surface area contributed by atoms with Gasteiger partial charge >= 0.3 is 6.03 Å². The van der Waals surface area contributed by atoms with Gasteiger partial charge in [-0.1, -0.05) is 48.9 Å². The van der Waals surface area contributed by atoms with E-state index in [-0.39, 0.29) is 12.1 Å². The Morgan fingerprint density at radius 2 is 1.82 bits per heavy atom. The quantitative estimate of drug-likeness (QED) is 0.809. The number of nitrogens with zero attached hydrogens (tertiary/aromatic N) is 2. The van der Waals surface area contributed by atoms with E-state index < -0.39 is 0 Å². The van der Waals surface area contributed by atoms with Crippen LogP contribution in [0.1, 0.15) is 50.6 Å². The van der Waals surface area contributed by atoms with Gasteiger partial charge in [-0.25, -0.2) is 4.79 Å². The first-order chi connectivity index (χ1) is 13.6. The van der Waals surface area contributed by atoms with Crippen LogP contribution in [0.2, 0.25) is 0 Å². The van der Waals surface area contributed by atoms with Crippen LogP contribution in [-0.2, 0) is 0 Å². The van der Waals surface area contributed by atoms with E-state index in [0.29, 0.717) is 12.0 Å². The zero-order chi connectivity index (χ0) is 19.5. The first kappa shape index (κ1) is 19.3. The molecule has 2 aromatic carbocycles. The lowest BCUT2D eigenvalue weighted by Gasteiger charge is -2.41. The van der Waals surface area contributed by atoms with Crippen molar-refractivity contribution in [3.05, 3.63) is 48.0 Å². The minimum atomic E-state index is -0.00578. The average molecular weight is 380 g/mol. The highest BCUT2D eigenvalue weighted by molar-refractivity contribution is 5.86. The van der Waals surface area contributed by atoms with Crippen molar-refractivity contribution >= 4 is 16.8 Å². The summed E-state index contributed by atoms with van der Waals surface area (Å²) in [5, 5.41) is 5.77. The molecule has 150 valence electrons. The molecule has 1 unspecified atom stereocenters. The number of benzene rings is 2. The Bertz CT molecular complexity index is 803. The molecule has 4 rings (SSSR count). The smallest absolute Gasteiger partial charge is 0.318 e. The molecule has 0 spiro atoms. The summed E-state index contributed by atoms with van der Waals surface area (Å²) in [6.45, 7) is 5.19. The van der Waals surface area contributed by atoms with E-state index >= 15 is 0 Å². The molecule has 2 aromatic rings. The molecule has 1 saturated heterocycles. The van der Waals surface area contributed by atoms with Gasteiger partial charge in [0.15, 0.2) is 0 Å². The maximum Gasteiger partial charge on any atom is 0.318 e. The number of carbonyl (C=O) groups excluding carboxylic acids is 1. The van der Waals surface area contributed by atoms with Gasteiger partial charge in [-0.15, -0.1) is 0 Å². The summed E-state index contributed by atoms with van der Waals surface area (Å²) in [5.74, 6) is 0.693. The maximum absolute atomic E-state index is 13.3. The van der Waals surface area contributed by atoms with Crippen molar-refractivity contribution in [1.29, 1.82) is 0 Å². The van der Waals surface area contributed by atoms with Gasteiger partial charge in [0.25, 0.3) is 0 Å². The molecule has 2 amide bonds. The van der Waals surface area contributed by atoms with Crippen LogP contribution in [-0.4, -0.2) is 48.6 Å². The summed E-state index contributed by atoms with van der Waals surface area (Å²) in [5.41, 5.74) is 1.19. The number of nitrogens with one attached hydrogen (secondary N) is 1. The fourth-order valence-electron chi connectivity index (χ4n) is 4.63. The van der Waals surface area contributed by atoms with Crippen LogP contribution in [0.25, 0.3) is 10.8 Å². The molecular weight excluding hydrogens is 346 g/mol. The van der Waals surface area contributed by atoms with Crippen LogP contribution in [0.4, 0.5) is 4.79 Å². The van der Waals surface area contributed by atoms with Crippen molar-refractivity contribution in [3.63, 3.8) is 0 Å². The Balaban J connectivity index is 1.49. The SMILES string of the molecule is CC(NC(=O)N(CC1CCC1)C1CCN(C)CC1)c1cccc2ccccc12. The summed E-state index contributed by atoms with van der Waals surface area (Å²) in [6.07, 6.45) is 6.03. The number of hydrogen-bond donors (Lipinski definition) is 1. The summed E-state index contributed by atoms with van der Waals surface area (Å²) in [4.78, 5) is 17.9. The van der Waals surface area contributed by atoms with Crippen LogP contribution in [0.3, 0.4) is 0 Å². The van der Waals surface area contributed by atoms with Gasteiger partial charge in [0.1, 0.15) is 0 Å². The minimum Gasteiger partial charge on any atom is -0.331 e. The third-order valence-electron chi connectivity index (χ3n) is 6.70. The Hall–Kier alpha value is -2.07. The van der Waals surface area contributed by atoms with E-state index in [1.807, 2.05) is 0 Å². The highest BCUT2D eigenvalue weighted by Crippen LogP contribution is 2.30. The molecule has 2 fully saturated rings. The molecular formula is C24H33N3O. The topological polar surface area (TPSA) is 35.6 Å². The predicted octanol–water partition coefficient (Wildman–Crippen LogP) is 4.81. The molecule has 28 heavy (non-hydrogen) atoms. The Labute approximate surface area is 168 Å². The first-order valence-corrected chi connectivity index (χ1v) is 10.8. The van der Waals surface area contributed by atoms with Crippen molar-refractivity contribution in [1.82, 2.24) is 15.1 Å². The zero-order valence-electron chi connectivity index (χ0n) is 17.2. The molecule has 0 bridgehead atoms. The zero-order valence-corrected chi connectivity index (χ0v) is 17.2. The predicted molar refractivity (Wildman–Crippen MR) is 115 cm³/mol. The summed E-state index contributed by atoms with van der Waals surface area (Å²) in [6, 6.07) is 15.3. The van der Waals surface area contributed by atoms with E-state index in [1.165, 1.54) is 35.6 Å². The van der Waals surface area contributed by atoms with Gasteiger partial charge in [-0.05, 0) is 75.0 Å². The van der Waals surface area contributed by atoms with Crippen molar-refractivity contribution in [3.8, 4) is 0 Å². The van der Waals surface area contributed by atoms with Crippen LogP contribution in [0.15, 0.2) is 42.5 Å². The number of carbonyl (C=O) groups is 1. The number of rotatable bonds is 5. The molecule has 0 radical (unpaired) electrons. The van der Waals surface area contributed by atoms with Gasteiger partial charge in [0, 0.05) is 12.6 Å². The molecule has 4 heteroatoms. The Morgan fingerprint density at radius 3 is 2.54 bits per heavy atom. The summed E-state index contributed by atoms with van der Waals surface area (Å²) in [7, 11) is 2.18. The second-order valence-electron chi connectivity index (χ2n) is 8.72. The molecule has 1 N–H and O–H groups in total. The number of fused-ring (bicyclic) bond motifs is 1. The van der Waals surface area contributed by atoms with Gasteiger partial charge in [0.2, 0.25) is 0 Å². The van der Waals surface area contributed by atoms with E-state index in [2.05, 4.69) is 71.6 Å². The molecule has 1 atom stereocenters. The lowest BCUT2D eigenvalue weighted by Crippen LogP contribution is -2.52. The van der Waals surface area contributed by atoms with Crippen LogP contribution in [0.5, 0.6) is 0 Å². The molecule has 1 aliphatic carbocycles. The number of amides is 2. The van der Waals surface area contributed by atoms with Crippen molar-refractivity contribution in [2.24, 2.45) is 5.92 Å². The maximum atomic E-state index is 13.3. The van der Waals surface area contributed by atoms with Crippen LogP contribution < -0.4 is 5.32 Å². The normalized spacial score (nSPS) is 19.9. The largest absolute Gasteiger partial charge is 0.331 e. The second-order valence-corrected chi connectivity index (χ2v) is 8.72. The molecule has 2 aliphatic rings. The van der Waals surface area contributed by atoms with Gasteiger partial charge in [-0.3, -0.25) is 0 Å². The molecule has 1 heterocycles. The number of urea groups is 1. The fourth-order valence-corrected chi connectivity index (χ4v) is 4.63. The first-order valence-electron chi connectivity index (χ1n) is 10.8. The fraction of sp³-hybridized carbons (Fsp3) is 0.542. The van der Waals surface area contributed by atoms with Gasteiger partial charge in [-0.2, -0.15) is 0 Å². The third kappa shape index (κ3) is 4.17. The highest BCUT2D eigenvalue weighted by Gasteiger charge is 2.31. The average Bonchev–Trinajstić information content (AvgIpc) is 2.67. The second kappa shape index (κ2) is 8.52. The van der Waals surface area contributed by atoms with Gasteiger partial charge < -0.3 is 15.1 Å². The van der Waals surface area contributed by atoms with Crippen molar-refractivity contribution in [2.75, 3.05) is 26.7 Å². The van der Waals surface area contributed by atoms with Crippen molar-refractivity contribution in [2.45, 2.75) is 51.1 Å². The van der Waals surface area contributed by atoms with E-state index in [4.69, 9.17) is 0 Å². The lowest BCUT2D eigenvalue weighted by molar-refractivity contribution is 0.104. The molecule has 4 nitrogen and oxygen atoms in total. The standard InChI is InChI=1S/C24H33N3O/c1-18(22-12-6-10-20-9-3-4-11-23(20)22)25-24(28)27(17-19-7-5-8-19)21-13-15-26(2)16-14-21/h3-4,6,9-12,18-19,21H,5,7-8,13-17H2,1-2H3,(H,25,28). The molecule has 1 saturated carbocycles. The summed E-state index contributed by atoms with van der Waals surface area (Å²) < 4.78 is 0. The summed E-state index contributed by atoms with van der Waals surface area (Å²) >= 11 is 0. The number of piperidine rings is 1. The van der Waals surface area contributed by atoms with Crippen LogP contribution >= 0.6 is 0 Å². The third-order valence-corrected chi connectivity index (χ3v) is 6.70. The molecule has 0 aromatic heterocycles. The van der Waals surface area contributed by atoms with Crippen molar-refractivity contribution < 1.29 is 4.79 Å². The van der Waals surface area contributed by atoms with Crippen LogP contribution in [0, 0.1) is 5.92 Å². The van der Waals surface area contributed by atoms with E-state index in [1.54, 1.807) is 0 Å².